The normalized spacial score (nSPS) is 20.5. The molecule has 82 valence electrons. The summed E-state index contributed by atoms with van der Waals surface area (Å²) in [4.78, 5) is 19.8. The Hall–Kier alpha value is -1.56. The van der Waals surface area contributed by atoms with E-state index >= 15 is 0 Å². The molecule has 6 nitrogen and oxygen atoms in total. The van der Waals surface area contributed by atoms with Gasteiger partial charge in [0.25, 0.3) is 5.56 Å². The molecule has 0 aromatic carbocycles. The predicted molar refractivity (Wildman–Crippen MR) is 58.9 cm³/mol. The molecule has 0 radical (unpaired) electrons. The molecule has 1 aromatic rings. The molecule has 1 atom stereocenters. The van der Waals surface area contributed by atoms with Gasteiger partial charge in [-0.1, -0.05) is 0 Å². The summed E-state index contributed by atoms with van der Waals surface area (Å²) in [6.07, 6.45) is 2.43. The second-order valence-corrected chi connectivity index (χ2v) is 3.73. The third kappa shape index (κ3) is 1.80. The van der Waals surface area contributed by atoms with Crippen molar-refractivity contribution in [2.75, 3.05) is 30.8 Å². The molecule has 0 spiro atoms. The molecule has 6 heteroatoms. The molecule has 2 heterocycles. The number of H-pyrrole nitrogens is 1. The van der Waals surface area contributed by atoms with Gasteiger partial charge < -0.3 is 20.9 Å². The lowest BCUT2D eigenvalue weighted by Crippen LogP contribution is -2.35. The fourth-order valence-electron chi connectivity index (χ4n) is 1.82. The molecule has 1 aliphatic heterocycles. The standard InChI is InChI=1S/C9H15N5O/c1-14(6-2-3-11-4-6)8-7(10)9(15)13-5-12-8/h5-6,11H,2-4,10H2,1H3,(H,12,13,15). The molecule has 1 unspecified atom stereocenters. The lowest BCUT2D eigenvalue weighted by Gasteiger charge is -2.25. The van der Waals surface area contributed by atoms with Crippen LogP contribution in [0.25, 0.3) is 0 Å². The predicted octanol–water partition coefficient (Wildman–Crippen LogP) is -0.850. The van der Waals surface area contributed by atoms with E-state index in [2.05, 4.69) is 15.3 Å². The fraction of sp³-hybridized carbons (Fsp3) is 0.556. The second-order valence-electron chi connectivity index (χ2n) is 3.73. The summed E-state index contributed by atoms with van der Waals surface area (Å²) in [7, 11) is 1.91. The third-order valence-electron chi connectivity index (χ3n) is 2.78. The van der Waals surface area contributed by atoms with Gasteiger partial charge in [0.2, 0.25) is 0 Å². The Morgan fingerprint density at radius 3 is 3.13 bits per heavy atom. The first-order valence-electron chi connectivity index (χ1n) is 4.97. The number of hydrogen-bond donors (Lipinski definition) is 3. The topological polar surface area (TPSA) is 87.0 Å². The molecule has 0 saturated carbocycles. The number of anilines is 2. The minimum atomic E-state index is -0.280. The van der Waals surface area contributed by atoms with Crippen molar-refractivity contribution in [2.45, 2.75) is 12.5 Å². The molecule has 2 rings (SSSR count). The first kappa shape index (κ1) is 9.97. The van der Waals surface area contributed by atoms with Crippen molar-refractivity contribution in [1.29, 1.82) is 0 Å². The highest BCUT2D eigenvalue weighted by Gasteiger charge is 2.22. The average Bonchev–Trinajstić information content (AvgIpc) is 2.74. The van der Waals surface area contributed by atoms with Gasteiger partial charge in [-0.05, 0) is 13.0 Å². The zero-order valence-electron chi connectivity index (χ0n) is 8.66. The van der Waals surface area contributed by atoms with E-state index in [4.69, 9.17) is 5.73 Å². The van der Waals surface area contributed by atoms with E-state index in [1.807, 2.05) is 11.9 Å². The second kappa shape index (κ2) is 3.90. The van der Waals surface area contributed by atoms with E-state index in [9.17, 15) is 4.79 Å². The van der Waals surface area contributed by atoms with Gasteiger partial charge in [0, 0.05) is 19.6 Å². The van der Waals surface area contributed by atoms with Gasteiger partial charge in [-0.25, -0.2) is 4.98 Å². The van der Waals surface area contributed by atoms with E-state index in [1.165, 1.54) is 6.33 Å². The zero-order chi connectivity index (χ0) is 10.8. The molecular formula is C9H15N5O. The Morgan fingerprint density at radius 2 is 2.47 bits per heavy atom. The number of nitrogens with one attached hydrogen (secondary N) is 2. The van der Waals surface area contributed by atoms with E-state index in [1.54, 1.807) is 0 Å². The minimum Gasteiger partial charge on any atom is -0.391 e. The molecule has 1 fully saturated rings. The number of rotatable bonds is 2. The van der Waals surface area contributed by atoms with Gasteiger partial charge in [-0.2, -0.15) is 0 Å². The monoisotopic (exact) mass is 209 g/mol. The molecule has 1 saturated heterocycles. The molecular weight excluding hydrogens is 194 g/mol. The van der Waals surface area contributed by atoms with Gasteiger partial charge in [-0.15, -0.1) is 0 Å². The van der Waals surface area contributed by atoms with Gasteiger partial charge in [0.05, 0.1) is 6.33 Å². The van der Waals surface area contributed by atoms with Crippen LogP contribution in [0.15, 0.2) is 11.1 Å². The van der Waals surface area contributed by atoms with Crippen LogP contribution >= 0.6 is 0 Å². The maximum absolute atomic E-state index is 11.3. The Kier molecular flexibility index (Phi) is 2.59. The first-order chi connectivity index (χ1) is 7.20. The average molecular weight is 209 g/mol. The molecule has 15 heavy (non-hydrogen) atoms. The maximum atomic E-state index is 11.3. The Balaban J connectivity index is 2.28. The molecule has 0 amide bonds. The van der Waals surface area contributed by atoms with E-state index < -0.39 is 0 Å². The van der Waals surface area contributed by atoms with E-state index in [0.29, 0.717) is 11.9 Å². The highest BCUT2D eigenvalue weighted by atomic mass is 16.1. The van der Waals surface area contributed by atoms with Crippen LogP contribution in [-0.4, -0.2) is 36.1 Å². The summed E-state index contributed by atoms with van der Waals surface area (Å²) in [5.74, 6) is 0.562. The third-order valence-corrected chi connectivity index (χ3v) is 2.78. The maximum Gasteiger partial charge on any atom is 0.276 e. The summed E-state index contributed by atoms with van der Waals surface area (Å²) in [5, 5.41) is 3.26. The molecule has 0 aliphatic carbocycles. The minimum absolute atomic E-state index is 0.187. The van der Waals surface area contributed by atoms with Crippen LogP contribution in [0.3, 0.4) is 0 Å². The van der Waals surface area contributed by atoms with Crippen LogP contribution in [0.1, 0.15) is 6.42 Å². The fourth-order valence-corrected chi connectivity index (χ4v) is 1.82. The summed E-state index contributed by atoms with van der Waals surface area (Å²) in [6.45, 7) is 1.91. The largest absolute Gasteiger partial charge is 0.391 e. The first-order valence-corrected chi connectivity index (χ1v) is 4.97. The number of nitrogen functional groups attached to an aromatic ring is 1. The number of aromatic nitrogens is 2. The van der Waals surface area contributed by atoms with E-state index in [0.717, 1.165) is 19.5 Å². The molecule has 4 N–H and O–H groups in total. The van der Waals surface area contributed by atoms with Gasteiger partial charge in [0.15, 0.2) is 5.82 Å². The van der Waals surface area contributed by atoms with Gasteiger partial charge >= 0.3 is 0 Å². The van der Waals surface area contributed by atoms with Crippen molar-refractivity contribution < 1.29 is 0 Å². The van der Waals surface area contributed by atoms with Crippen LogP contribution in [0.2, 0.25) is 0 Å². The number of nitrogens with two attached hydrogens (primary N) is 1. The van der Waals surface area contributed by atoms with Crippen LogP contribution in [0.5, 0.6) is 0 Å². The lowest BCUT2D eigenvalue weighted by molar-refractivity contribution is 0.677. The van der Waals surface area contributed by atoms with Crippen LogP contribution in [-0.2, 0) is 0 Å². The van der Waals surface area contributed by atoms with Crippen molar-refractivity contribution in [3.8, 4) is 0 Å². The van der Waals surface area contributed by atoms with E-state index in [-0.39, 0.29) is 11.2 Å². The Labute approximate surface area is 87.5 Å². The molecule has 0 bridgehead atoms. The summed E-state index contributed by atoms with van der Waals surface area (Å²) in [6, 6.07) is 0.363. The van der Waals surface area contributed by atoms with Crippen molar-refractivity contribution in [3.05, 3.63) is 16.7 Å². The lowest BCUT2D eigenvalue weighted by atomic mass is 10.2. The van der Waals surface area contributed by atoms with Gasteiger partial charge in [-0.3, -0.25) is 4.79 Å². The van der Waals surface area contributed by atoms with Crippen LogP contribution in [0.4, 0.5) is 11.5 Å². The molecule has 1 aliphatic rings. The summed E-state index contributed by atoms with van der Waals surface area (Å²) in [5.41, 5.74) is 5.59. The Morgan fingerprint density at radius 1 is 1.67 bits per heavy atom. The molecule has 1 aromatic heterocycles. The summed E-state index contributed by atoms with van der Waals surface area (Å²) < 4.78 is 0. The van der Waals surface area contributed by atoms with Crippen molar-refractivity contribution in [2.24, 2.45) is 0 Å². The van der Waals surface area contributed by atoms with Gasteiger partial charge in [0.1, 0.15) is 5.69 Å². The summed E-state index contributed by atoms with van der Waals surface area (Å²) >= 11 is 0. The Bertz CT molecular complexity index is 396. The smallest absolute Gasteiger partial charge is 0.276 e. The van der Waals surface area contributed by atoms with Crippen molar-refractivity contribution in [3.63, 3.8) is 0 Å². The highest BCUT2D eigenvalue weighted by molar-refractivity contribution is 5.61. The van der Waals surface area contributed by atoms with Crippen molar-refractivity contribution >= 4 is 11.5 Å². The van der Waals surface area contributed by atoms with Crippen molar-refractivity contribution in [1.82, 2.24) is 15.3 Å². The van der Waals surface area contributed by atoms with Crippen LogP contribution in [0, 0.1) is 0 Å². The quantitative estimate of drug-likeness (QED) is 0.590. The van der Waals surface area contributed by atoms with Crippen LogP contribution < -0.4 is 21.5 Å². The number of aromatic amines is 1. The number of hydrogen-bond acceptors (Lipinski definition) is 5. The highest BCUT2D eigenvalue weighted by Crippen LogP contribution is 2.18. The number of likely N-dealkylation sites (N-methyl/N-ethyl adjacent to an activating group) is 1. The zero-order valence-corrected chi connectivity index (χ0v) is 8.66. The SMILES string of the molecule is CN(c1nc[nH]c(=O)c1N)C1CCNC1. The number of nitrogens with zero attached hydrogens (tertiary/aromatic N) is 2.